The lowest BCUT2D eigenvalue weighted by Crippen LogP contribution is -2.47. The van der Waals surface area contributed by atoms with Crippen LogP contribution in [0.4, 0.5) is 10.5 Å². The molecule has 2 rings (SSSR count). The van der Waals surface area contributed by atoms with Crippen LogP contribution >= 0.6 is 0 Å². The second kappa shape index (κ2) is 7.76. The van der Waals surface area contributed by atoms with E-state index in [0.717, 1.165) is 18.5 Å². The highest BCUT2D eigenvalue weighted by Gasteiger charge is 2.28. The van der Waals surface area contributed by atoms with Crippen molar-refractivity contribution in [2.75, 3.05) is 32.5 Å². The third-order valence-electron chi connectivity index (χ3n) is 4.00. The molecule has 6 nitrogen and oxygen atoms in total. The highest BCUT2D eigenvalue weighted by atomic mass is 16.6. The van der Waals surface area contributed by atoms with Crippen LogP contribution in [0.5, 0.6) is 0 Å². The number of nitrogens with one attached hydrogen (secondary N) is 1. The van der Waals surface area contributed by atoms with E-state index in [1.54, 1.807) is 23.9 Å². The summed E-state index contributed by atoms with van der Waals surface area (Å²) in [7, 11) is 3.48. The average molecular weight is 347 g/mol. The molecular formula is C19H29N3O3. The largest absolute Gasteiger partial charge is 0.444 e. The number of para-hydroxylation sites is 1. The molecule has 1 aliphatic heterocycles. The molecule has 1 unspecified atom stereocenters. The van der Waals surface area contributed by atoms with Crippen molar-refractivity contribution in [3.05, 3.63) is 29.8 Å². The number of hydrogen-bond acceptors (Lipinski definition) is 4. The molecule has 1 fully saturated rings. The number of hydrogen-bond donors (Lipinski definition) is 1. The van der Waals surface area contributed by atoms with E-state index < -0.39 is 5.60 Å². The van der Waals surface area contributed by atoms with Gasteiger partial charge in [-0.25, -0.2) is 4.79 Å². The van der Waals surface area contributed by atoms with Gasteiger partial charge in [0.05, 0.1) is 5.56 Å². The van der Waals surface area contributed by atoms with Crippen molar-refractivity contribution in [1.82, 2.24) is 9.80 Å². The van der Waals surface area contributed by atoms with Gasteiger partial charge in [-0.05, 0) is 45.7 Å². The molecule has 0 spiro atoms. The second-order valence-electron chi connectivity index (χ2n) is 7.66. The van der Waals surface area contributed by atoms with E-state index in [9.17, 15) is 9.59 Å². The standard InChI is InChI=1S/C19H29N3O3/c1-19(2,3)25-18(24)22-12-8-9-14(13-22)20-16-11-7-6-10-15(16)17(23)21(4)5/h6-7,10-11,14,20H,8-9,12-13H2,1-5H3. The molecule has 0 radical (unpaired) electrons. The van der Waals surface area contributed by atoms with Crippen LogP contribution in [-0.2, 0) is 4.74 Å². The van der Waals surface area contributed by atoms with E-state index in [2.05, 4.69) is 5.32 Å². The number of likely N-dealkylation sites (tertiary alicyclic amines) is 1. The molecule has 25 heavy (non-hydrogen) atoms. The predicted octanol–water partition coefficient (Wildman–Crippen LogP) is 3.20. The Hall–Kier alpha value is -2.24. The summed E-state index contributed by atoms with van der Waals surface area (Å²) in [6, 6.07) is 7.58. The number of piperidine rings is 1. The molecule has 138 valence electrons. The molecule has 1 aliphatic rings. The Bertz CT molecular complexity index is 623. The fourth-order valence-electron chi connectivity index (χ4n) is 2.84. The van der Waals surface area contributed by atoms with Crippen molar-refractivity contribution in [2.45, 2.75) is 45.3 Å². The van der Waals surface area contributed by atoms with E-state index in [-0.39, 0.29) is 18.0 Å². The minimum atomic E-state index is -0.498. The van der Waals surface area contributed by atoms with Crippen molar-refractivity contribution in [3.63, 3.8) is 0 Å². The first-order chi connectivity index (χ1) is 11.7. The summed E-state index contributed by atoms with van der Waals surface area (Å²) in [5.74, 6) is -0.0390. The average Bonchev–Trinajstić information content (AvgIpc) is 2.53. The van der Waals surface area contributed by atoms with E-state index in [0.29, 0.717) is 18.7 Å². The summed E-state index contributed by atoms with van der Waals surface area (Å²) in [4.78, 5) is 27.9. The molecule has 1 atom stereocenters. The summed E-state index contributed by atoms with van der Waals surface area (Å²) in [6.45, 7) is 6.87. The van der Waals surface area contributed by atoms with Gasteiger partial charge in [0.1, 0.15) is 5.60 Å². The zero-order chi connectivity index (χ0) is 18.6. The van der Waals surface area contributed by atoms with Crippen LogP contribution in [0.3, 0.4) is 0 Å². The molecule has 1 aromatic carbocycles. The van der Waals surface area contributed by atoms with Gasteiger partial charge in [0.15, 0.2) is 0 Å². The van der Waals surface area contributed by atoms with Crippen LogP contribution in [0.1, 0.15) is 44.0 Å². The smallest absolute Gasteiger partial charge is 0.410 e. The number of carbonyl (C=O) groups is 2. The Morgan fingerprint density at radius 1 is 1.24 bits per heavy atom. The molecule has 0 aliphatic carbocycles. The lowest BCUT2D eigenvalue weighted by atomic mass is 10.0. The van der Waals surface area contributed by atoms with Crippen LogP contribution in [0, 0.1) is 0 Å². The van der Waals surface area contributed by atoms with Gasteiger partial charge >= 0.3 is 6.09 Å². The lowest BCUT2D eigenvalue weighted by Gasteiger charge is -2.35. The summed E-state index contributed by atoms with van der Waals surface area (Å²) >= 11 is 0. The molecule has 0 saturated carbocycles. The van der Waals surface area contributed by atoms with Crippen molar-refractivity contribution in [1.29, 1.82) is 0 Å². The number of benzene rings is 1. The molecule has 0 aromatic heterocycles. The van der Waals surface area contributed by atoms with Crippen molar-refractivity contribution in [3.8, 4) is 0 Å². The normalized spacial score (nSPS) is 17.8. The second-order valence-corrected chi connectivity index (χ2v) is 7.66. The highest BCUT2D eigenvalue weighted by Crippen LogP contribution is 2.22. The summed E-state index contributed by atoms with van der Waals surface area (Å²) in [5.41, 5.74) is 0.946. The summed E-state index contributed by atoms with van der Waals surface area (Å²) < 4.78 is 5.47. The fraction of sp³-hybridized carbons (Fsp3) is 0.579. The lowest BCUT2D eigenvalue weighted by molar-refractivity contribution is 0.0206. The molecule has 1 N–H and O–H groups in total. The van der Waals surface area contributed by atoms with E-state index in [1.165, 1.54) is 0 Å². The van der Waals surface area contributed by atoms with Gasteiger partial charge in [-0.2, -0.15) is 0 Å². The number of carbonyl (C=O) groups excluding carboxylic acids is 2. The number of nitrogens with zero attached hydrogens (tertiary/aromatic N) is 2. The quantitative estimate of drug-likeness (QED) is 0.912. The number of amides is 2. The Labute approximate surface area is 150 Å². The van der Waals surface area contributed by atoms with Crippen molar-refractivity contribution in [2.24, 2.45) is 0 Å². The maximum absolute atomic E-state index is 12.3. The summed E-state index contributed by atoms with van der Waals surface area (Å²) in [5, 5.41) is 3.44. The minimum Gasteiger partial charge on any atom is -0.444 e. The van der Waals surface area contributed by atoms with Crippen LogP contribution < -0.4 is 5.32 Å². The minimum absolute atomic E-state index is 0.0390. The van der Waals surface area contributed by atoms with Crippen LogP contribution in [0.25, 0.3) is 0 Å². The molecular weight excluding hydrogens is 318 g/mol. The summed E-state index contributed by atoms with van der Waals surface area (Å²) in [6.07, 6.45) is 1.57. The van der Waals surface area contributed by atoms with Crippen LogP contribution in [0.15, 0.2) is 24.3 Å². The van der Waals surface area contributed by atoms with Crippen LogP contribution in [-0.4, -0.2) is 60.6 Å². The Kier molecular flexibility index (Phi) is 5.93. The number of rotatable bonds is 3. The van der Waals surface area contributed by atoms with Crippen molar-refractivity contribution < 1.29 is 14.3 Å². The first-order valence-corrected chi connectivity index (χ1v) is 8.72. The van der Waals surface area contributed by atoms with E-state index in [1.807, 2.05) is 45.0 Å². The maximum atomic E-state index is 12.3. The first-order valence-electron chi connectivity index (χ1n) is 8.72. The third kappa shape index (κ3) is 5.37. The fourth-order valence-corrected chi connectivity index (χ4v) is 2.84. The molecule has 1 saturated heterocycles. The Balaban J connectivity index is 2.06. The molecule has 1 heterocycles. The maximum Gasteiger partial charge on any atom is 0.410 e. The zero-order valence-electron chi connectivity index (χ0n) is 15.8. The first kappa shape index (κ1) is 19.1. The number of ether oxygens (including phenoxy) is 1. The molecule has 0 bridgehead atoms. The van der Waals surface area contributed by atoms with Crippen molar-refractivity contribution >= 4 is 17.7 Å². The Morgan fingerprint density at radius 2 is 1.92 bits per heavy atom. The van der Waals surface area contributed by atoms with Gasteiger partial charge in [0, 0.05) is 38.9 Å². The molecule has 2 amide bonds. The van der Waals surface area contributed by atoms with Gasteiger partial charge in [-0.15, -0.1) is 0 Å². The Morgan fingerprint density at radius 3 is 2.56 bits per heavy atom. The topological polar surface area (TPSA) is 61.9 Å². The van der Waals surface area contributed by atoms with Gasteiger partial charge in [-0.3, -0.25) is 4.79 Å². The van der Waals surface area contributed by atoms with Gasteiger partial charge in [0.2, 0.25) is 0 Å². The SMILES string of the molecule is CN(C)C(=O)c1ccccc1NC1CCCN(C(=O)OC(C)(C)C)C1. The third-order valence-corrected chi connectivity index (χ3v) is 4.00. The van der Waals surface area contributed by atoms with E-state index >= 15 is 0 Å². The van der Waals surface area contributed by atoms with Gasteiger partial charge in [-0.1, -0.05) is 12.1 Å². The van der Waals surface area contributed by atoms with Gasteiger partial charge in [0.25, 0.3) is 5.91 Å². The molecule has 1 aromatic rings. The van der Waals surface area contributed by atoms with Crippen LogP contribution in [0.2, 0.25) is 0 Å². The highest BCUT2D eigenvalue weighted by molar-refractivity contribution is 5.99. The van der Waals surface area contributed by atoms with Gasteiger partial charge < -0.3 is 19.9 Å². The zero-order valence-corrected chi connectivity index (χ0v) is 15.8. The monoisotopic (exact) mass is 347 g/mol. The number of anilines is 1. The predicted molar refractivity (Wildman–Crippen MR) is 98.9 cm³/mol. The molecule has 6 heteroatoms. The van der Waals surface area contributed by atoms with E-state index in [4.69, 9.17) is 4.74 Å².